The average Bonchev–Trinajstić information content (AvgIpc) is 2.95. The number of alkyl halides is 3. The maximum absolute atomic E-state index is 13.0. The first kappa shape index (κ1) is 15.5. The maximum atomic E-state index is 13.0. The van der Waals surface area contributed by atoms with Crippen LogP contribution in [-0.2, 0) is 6.18 Å². The number of fused-ring (bicyclic) bond motifs is 2. The highest BCUT2D eigenvalue weighted by Gasteiger charge is 2.32. The number of aliphatic imine (C=N–C) groups is 1. The fourth-order valence-electron chi connectivity index (χ4n) is 2.91. The summed E-state index contributed by atoms with van der Waals surface area (Å²) in [4.78, 5) is 6.87. The minimum Gasteiger partial charge on any atom is -0.353 e. The molecule has 0 radical (unpaired) electrons. The van der Waals surface area contributed by atoms with Crippen LogP contribution in [0.2, 0.25) is 0 Å². The van der Waals surface area contributed by atoms with Crippen molar-refractivity contribution in [3.63, 3.8) is 0 Å². The van der Waals surface area contributed by atoms with Crippen LogP contribution in [0.15, 0.2) is 34.0 Å². The van der Waals surface area contributed by atoms with Gasteiger partial charge in [-0.3, -0.25) is 0 Å². The number of benzene rings is 1. The summed E-state index contributed by atoms with van der Waals surface area (Å²) in [6.45, 7) is 3.38. The summed E-state index contributed by atoms with van der Waals surface area (Å²) in [5.41, 5.74) is 1.97. The second-order valence-electron chi connectivity index (χ2n) is 5.73. The monoisotopic (exact) mass is 352 g/mol. The molecule has 0 unspecified atom stereocenters. The van der Waals surface area contributed by atoms with Crippen LogP contribution in [0, 0.1) is 0 Å². The minimum atomic E-state index is -4.37. The third-order valence-corrected chi connectivity index (χ3v) is 4.88. The van der Waals surface area contributed by atoms with Gasteiger partial charge in [0.2, 0.25) is 0 Å². The zero-order valence-electron chi connectivity index (χ0n) is 12.7. The molecule has 1 saturated heterocycles. The van der Waals surface area contributed by atoms with Crippen LogP contribution >= 0.6 is 11.3 Å². The molecule has 1 aromatic heterocycles. The highest BCUT2D eigenvalue weighted by molar-refractivity contribution is 7.08. The molecule has 0 saturated carbocycles. The third kappa shape index (κ3) is 2.76. The van der Waals surface area contributed by atoms with Gasteiger partial charge in [0, 0.05) is 36.9 Å². The topological polar surface area (TPSA) is 39.7 Å². The average molecular weight is 352 g/mol. The van der Waals surface area contributed by atoms with Gasteiger partial charge in [-0.1, -0.05) is 0 Å². The van der Waals surface area contributed by atoms with Gasteiger partial charge in [-0.15, -0.1) is 11.3 Å². The van der Waals surface area contributed by atoms with Gasteiger partial charge < -0.3 is 15.5 Å². The number of piperazine rings is 1. The Kier molecular flexibility index (Phi) is 3.73. The van der Waals surface area contributed by atoms with Crippen molar-refractivity contribution in [1.29, 1.82) is 0 Å². The van der Waals surface area contributed by atoms with Crippen molar-refractivity contribution in [2.24, 2.45) is 4.99 Å². The molecule has 1 aromatic carbocycles. The molecule has 4 nitrogen and oxygen atoms in total. The van der Waals surface area contributed by atoms with Crippen LogP contribution in [-0.4, -0.2) is 36.9 Å². The number of hydrogen-bond donors (Lipinski definition) is 2. The molecular weight excluding hydrogens is 337 g/mol. The molecule has 0 bridgehead atoms. The molecule has 0 aliphatic carbocycles. The number of thiophene rings is 1. The van der Waals surface area contributed by atoms with Crippen molar-refractivity contribution in [3.05, 3.63) is 40.1 Å². The van der Waals surface area contributed by atoms with E-state index in [9.17, 15) is 13.2 Å². The van der Waals surface area contributed by atoms with E-state index in [4.69, 9.17) is 4.99 Å². The molecule has 8 heteroatoms. The van der Waals surface area contributed by atoms with Crippen molar-refractivity contribution in [1.82, 2.24) is 10.2 Å². The number of amidine groups is 1. The molecule has 1 fully saturated rings. The van der Waals surface area contributed by atoms with E-state index in [-0.39, 0.29) is 0 Å². The van der Waals surface area contributed by atoms with Gasteiger partial charge in [0.15, 0.2) is 0 Å². The SMILES string of the molecule is FC(F)(F)c1ccc2c(c1)Nc1cscc1C(N1CCNCC1)=N2. The van der Waals surface area contributed by atoms with E-state index in [1.807, 2.05) is 10.8 Å². The Morgan fingerprint density at radius 1 is 1.08 bits per heavy atom. The fourth-order valence-corrected chi connectivity index (χ4v) is 3.67. The Balaban J connectivity index is 1.81. The first-order valence-electron chi connectivity index (χ1n) is 7.61. The number of rotatable bonds is 0. The first-order valence-corrected chi connectivity index (χ1v) is 8.56. The second-order valence-corrected chi connectivity index (χ2v) is 6.47. The quantitative estimate of drug-likeness (QED) is 0.757. The Bertz CT molecular complexity index is 791. The molecule has 4 rings (SSSR count). The van der Waals surface area contributed by atoms with Gasteiger partial charge in [0.1, 0.15) is 5.84 Å². The number of nitrogens with one attached hydrogen (secondary N) is 2. The molecule has 24 heavy (non-hydrogen) atoms. The second kappa shape index (κ2) is 5.78. The standard InChI is InChI=1S/C16H15F3N4S/c17-16(18,19)10-1-2-12-13(7-10)21-14-9-24-8-11(14)15(22-12)23-5-3-20-4-6-23/h1-2,7-9,20-21H,3-6H2. The lowest BCUT2D eigenvalue weighted by Crippen LogP contribution is -2.46. The van der Waals surface area contributed by atoms with Gasteiger partial charge in [-0.2, -0.15) is 13.2 Å². The first-order chi connectivity index (χ1) is 11.5. The van der Waals surface area contributed by atoms with E-state index >= 15 is 0 Å². The van der Waals surface area contributed by atoms with E-state index in [1.165, 1.54) is 17.4 Å². The summed E-state index contributed by atoms with van der Waals surface area (Å²) in [5, 5.41) is 10.3. The summed E-state index contributed by atoms with van der Waals surface area (Å²) in [6, 6.07) is 3.64. The van der Waals surface area contributed by atoms with Crippen LogP contribution < -0.4 is 10.6 Å². The highest BCUT2D eigenvalue weighted by atomic mass is 32.1. The summed E-state index contributed by atoms with van der Waals surface area (Å²) in [6.07, 6.45) is -4.37. The lowest BCUT2D eigenvalue weighted by atomic mass is 10.1. The van der Waals surface area contributed by atoms with Crippen LogP contribution in [0.3, 0.4) is 0 Å². The maximum Gasteiger partial charge on any atom is 0.416 e. The van der Waals surface area contributed by atoms with Crippen LogP contribution in [0.4, 0.5) is 30.2 Å². The molecular formula is C16H15F3N4S. The van der Waals surface area contributed by atoms with Crippen molar-refractivity contribution >= 4 is 34.2 Å². The predicted molar refractivity (Wildman–Crippen MR) is 89.7 cm³/mol. The molecule has 0 atom stereocenters. The van der Waals surface area contributed by atoms with E-state index < -0.39 is 11.7 Å². The summed E-state index contributed by atoms with van der Waals surface area (Å²) < 4.78 is 39.0. The lowest BCUT2D eigenvalue weighted by molar-refractivity contribution is -0.137. The van der Waals surface area contributed by atoms with Crippen LogP contribution in [0.25, 0.3) is 0 Å². The fraction of sp³-hybridized carbons (Fsp3) is 0.312. The highest BCUT2D eigenvalue weighted by Crippen LogP contribution is 2.40. The van der Waals surface area contributed by atoms with E-state index in [0.717, 1.165) is 55.4 Å². The third-order valence-electron chi connectivity index (χ3n) is 4.14. The number of halogens is 3. The molecule has 2 aliphatic rings. The summed E-state index contributed by atoms with van der Waals surface area (Å²) in [7, 11) is 0. The summed E-state index contributed by atoms with van der Waals surface area (Å²) in [5.74, 6) is 0.818. The Hall–Kier alpha value is -2.06. The smallest absolute Gasteiger partial charge is 0.353 e. The number of anilines is 2. The lowest BCUT2D eigenvalue weighted by Gasteiger charge is -2.30. The summed E-state index contributed by atoms with van der Waals surface area (Å²) >= 11 is 1.51. The van der Waals surface area contributed by atoms with Crippen molar-refractivity contribution in [2.75, 3.05) is 31.5 Å². The Morgan fingerprint density at radius 2 is 1.88 bits per heavy atom. The van der Waals surface area contributed by atoms with Crippen molar-refractivity contribution < 1.29 is 13.2 Å². The molecule has 2 N–H and O–H groups in total. The zero-order valence-corrected chi connectivity index (χ0v) is 13.5. The Morgan fingerprint density at radius 3 is 2.62 bits per heavy atom. The molecule has 2 aromatic rings. The molecule has 2 aliphatic heterocycles. The van der Waals surface area contributed by atoms with Crippen molar-refractivity contribution in [2.45, 2.75) is 6.18 Å². The minimum absolute atomic E-state index is 0.384. The van der Waals surface area contributed by atoms with E-state index in [2.05, 4.69) is 15.5 Å². The number of hydrogen-bond acceptors (Lipinski definition) is 5. The normalized spacial score (nSPS) is 17.5. The number of nitrogens with zero attached hydrogens (tertiary/aromatic N) is 2. The van der Waals surface area contributed by atoms with Gasteiger partial charge in [-0.25, -0.2) is 4.99 Å². The van der Waals surface area contributed by atoms with E-state index in [0.29, 0.717) is 11.4 Å². The largest absolute Gasteiger partial charge is 0.416 e. The van der Waals surface area contributed by atoms with Gasteiger partial charge in [0.05, 0.1) is 28.2 Å². The van der Waals surface area contributed by atoms with Crippen molar-refractivity contribution in [3.8, 4) is 0 Å². The van der Waals surface area contributed by atoms with Gasteiger partial charge >= 0.3 is 6.18 Å². The molecule has 3 heterocycles. The Labute approximate surface area is 141 Å². The molecule has 0 amide bonds. The zero-order chi connectivity index (χ0) is 16.7. The van der Waals surface area contributed by atoms with E-state index in [1.54, 1.807) is 0 Å². The van der Waals surface area contributed by atoms with Gasteiger partial charge in [0.25, 0.3) is 0 Å². The van der Waals surface area contributed by atoms with Crippen LogP contribution in [0.5, 0.6) is 0 Å². The predicted octanol–water partition coefficient (Wildman–Crippen LogP) is 3.81. The molecule has 0 spiro atoms. The van der Waals surface area contributed by atoms with Crippen LogP contribution in [0.1, 0.15) is 11.1 Å². The van der Waals surface area contributed by atoms with Gasteiger partial charge in [-0.05, 0) is 18.2 Å². The molecule has 126 valence electrons.